The molecule has 0 heterocycles. The van der Waals surface area contributed by atoms with Crippen LogP contribution in [-0.2, 0) is 0 Å². The largest absolute Gasteiger partial charge is 0.289 e. The Hall–Kier alpha value is -0.710. The van der Waals surface area contributed by atoms with Crippen LogP contribution in [0.3, 0.4) is 0 Å². The molecule has 0 unspecified atom stereocenters. The summed E-state index contributed by atoms with van der Waals surface area (Å²) in [5.41, 5.74) is 0.360. The lowest BCUT2D eigenvalue weighted by molar-refractivity contribution is 0.251. The van der Waals surface area contributed by atoms with E-state index in [-0.39, 0.29) is 22.6 Å². The van der Waals surface area contributed by atoms with Crippen LogP contribution < -0.4 is 0 Å². The maximum absolute atomic E-state index is 14.3. The van der Waals surface area contributed by atoms with Crippen molar-refractivity contribution in [3.63, 3.8) is 0 Å². The van der Waals surface area contributed by atoms with E-state index in [1.54, 1.807) is 0 Å². The lowest BCUT2D eigenvalue weighted by atomic mass is 9.77. The van der Waals surface area contributed by atoms with Gasteiger partial charge in [-0.25, -0.2) is 8.78 Å². The molecule has 0 atom stereocenters. The minimum atomic E-state index is -2.74. The monoisotopic (exact) mass is 390 g/mol. The smallest absolute Gasteiger partial charge is 0.203 e. The van der Waals surface area contributed by atoms with Crippen molar-refractivity contribution in [2.75, 3.05) is 0 Å². The van der Waals surface area contributed by atoms with E-state index in [0.717, 1.165) is 25.7 Å². The van der Waals surface area contributed by atoms with Crippen molar-refractivity contribution in [1.82, 2.24) is 0 Å². The van der Waals surface area contributed by atoms with Crippen molar-refractivity contribution in [2.45, 2.75) is 94.1 Å². The van der Waals surface area contributed by atoms with Gasteiger partial charge in [-0.3, -0.25) is 0 Å². The van der Waals surface area contributed by atoms with Gasteiger partial charge in [0.1, 0.15) is 0 Å². The van der Waals surface area contributed by atoms with Gasteiger partial charge in [0.2, 0.25) is 0 Å². The Morgan fingerprint density at radius 1 is 0.923 bits per heavy atom. The zero-order chi connectivity index (χ0) is 18.9. The zero-order valence-electron chi connectivity index (χ0n) is 15.6. The first-order valence-electron chi connectivity index (χ1n) is 9.95. The van der Waals surface area contributed by atoms with Crippen molar-refractivity contribution in [1.29, 1.82) is 0 Å². The van der Waals surface area contributed by atoms with E-state index in [9.17, 15) is 17.6 Å². The van der Waals surface area contributed by atoms with Crippen molar-refractivity contribution < 1.29 is 17.6 Å². The van der Waals surface area contributed by atoms with Crippen LogP contribution in [0.15, 0.2) is 17.0 Å². The molecule has 26 heavy (non-hydrogen) atoms. The Bertz CT molecular complexity index is 539. The fraction of sp³-hybridized carbons (Fsp3) is 0.714. The maximum atomic E-state index is 14.3. The Morgan fingerprint density at radius 3 is 2.23 bits per heavy atom. The predicted molar refractivity (Wildman–Crippen MR) is 101 cm³/mol. The molecule has 1 aromatic carbocycles. The number of unbranched alkanes of at least 4 members (excludes halogenated alkanes) is 5. The first-order valence-corrected chi connectivity index (χ1v) is 10.8. The highest BCUT2D eigenvalue weighted by Gasteiger charge is 2.26. The summed E-state index contributed by atoms with van der Waals surface area (Å²) in [5, 5.41) is 0. The van der Waals surface area contributed by atoms with Crippen LogP contribution in [-0.4, -0.2) is 5.76 Å². The number of alkyl halides is 2. The highest BCUT2D eigenvalue weighted by atomic mass is 32.2. The van der Waals surface area contributed by atoms with Gasteiger partial charge in [0.15, 0.2) is 11.6 Å². The number of rotatable bonds is 10. The molecule has 1 aromatic rings. The lowest BCUT2D eigenvalue weighted by Gasteiger charge is -2.29. The first-order chi connectivity index (χ1) is 12.5. The maximum Gasteiger partial charge on any atom is 0.289 e. The molecule has 5 heteroatoms. The number of halogens is 4. The summed E-state index contributed by atoms with van der Waals surface area (Å²) in [7, 11) is 0. The summed E-state index contributed by atoms with van der Waals surface area (Å²) in [6.45, 7) is 2.22. The number of benzene rings is 1. The molecule has 0 aromatic heterocycles. The van der Waals surface area contributed by atoms with Crippen LogP contribution in [0.1, 0.15) is 89.0 Å². The second kappa shape index (κ2) is 11.2. The zero-order valence-corrected chi connectivity index (χ0v) is 16.4. The van der Waals surface area contributed by atoms with E-state index < -0.39 is 17.4 Å². The van der Waals surface area contributed by atoms with Gasteiger partial charge in [0.25, 0.3) is 5.76 Å². The predicted octanol–water partition coefficient (Wildman–Crippen LogP) is 8.30. The van der Waals surface area contributed by atoms with E-state index in [1.165, 1.54) is 57.1 Å². The van der Waals surface area contributed by atoms with Crippen molar-refractivity contribution in [3.05, 3.63) is 29.3 Å². The molecule has 0 amide bonds. The summed E-state index contributed by atoms with van der Waals surface area (Å²) >= 11 is 0.0626. The highest BCUT2D eigenvalue weighted by molar-refractivity contribution is 7.99. The molecular weight excluding hydrogens is 360 g/mol. The van der Waals surface area contributed by atoms with Crippen molar-refractivity contribution in [3.8, 4) is 0 Å². The van der Waals surface area contributed by atoms with Crippen LogP contribution in [0.25, 0.3) is 0 Å². The topological polar surface area (TPSA) is 0 Å². The molecule has 0 radical (unpaired) electrons. The average molecular weight is 391 g/mol. The standard InChI is InChI=1S/C21H30F4S/c1-2-3-4-5-6-7-8-15-9-11-16(12-10-15)17-13-14-18(26-21(24)25)20(23)19(17)22/h13-16,21H,2-12H2,1H3. The quantitative estimate of drug-likeness (QED) is 0.220. The average Bonchev–Trinajstić information content (AvgIpc) is 2.62. The fourth-order valence-electron chi connectivity index (χ4n) is 4.02. The van der Waals surface area contributed by atoms with Crippen molar-refractivity contribution >= 4 is 11.8 Å². The summed E-state index contributed by atoms with van der Waals surface area (Å²) in [6.07, 6.45) is 12.8. The molecule has 1 aliphatic rings. The van der Waals surface area contributed by atoms with E-state index >= 15 is 0 Å². The lowest BCUT2D eigenvalue weighted by Crippen LogP contribution is -2.15. The molecular formula is C21H30F4S. The van der Waals surface area contributed by atoms with Gasteiger partial charge in [-0.15, -0.1) is 0 Å². The van der Waals surface area contributed by atoms with Gasteiger partial charge in [-0.2, -0.15) is 8.78 Å². The van der Waals surface area contributed by atoms with Gasteiger partial charge in [-0.05, 0) is 49.1 Å². The summed E-state index contributed by atoms with van der Waals surface area (Å²) < 4.78 is 53.1. The first kappa shape index (κ1) is 21.6. The Balaban J connectivity index is 1.79. The molecule has 1 saturated carbocycles. The Morgan fingerprint density at radius 2 is 1.58 bits per heavy atom. The van der Waals surface area contributed by atoms with Gasteiger partial charge in [0, 0.05) is 0 Å². The Kier molecular flexibility index (Phi) is 9.30. The number of thioether (sulfide) groups is 1. The van der Waals surface area contributed by atoms with Crippen molar-refractivity contribution in [2.24, 2.45) is 5.92 Å². The molecule has 0 saturated heterocycles. The molecule has 148 valence electrons. The van der Waals surface area contributed by atoms with Crippen LogP contribution in [0, 0.1) is 17.6 Å². The van der Waals surface area contributed by atoms with Crippen LogP contribution in [0.5, 0.6) is 0 Å². The molecule has 1 aliphatic carbocycles. The van der Waals surface area contributed by atoms with Gasteiger partial charge in [-0.1, -0.05) is 69.7 Å². The normalized spacial score (nSPS) is 20.7. The molecule has 1 fully saturated rings. The molecule has 0 spiro atoms. The van der Waals surface area contributed by atoms with Crippen LogP contribution in [0.2, 0.25) is 0 Å². The number of hydrogen-bond acceptors (Lipinski definition) is 1. The SMILES string of the molecule is CCCCCCCCC1CCC(c2ccc(SC(F)F)c(F)c2F)CC1. The highest BCUT2D eigenvalue weighted by Crippen LogP contribution is 2.40. The fourth-order valence-corrected chi connectivity index (χ4v) is 4.56. The third-order valence-electron chi connectivity index (χ3n) is 5.55. The molecule has 2 rings (SSSR count). The third-order valence-corrected chi connectivity index (χ3v) is 6.29. The van der Waals surface area contributed by atoms with E-state index in [1.807, 2.05) is 0 Å². The minimum absolute atomic E-state index is 0.0101. The minimum Gasteiger partial charge on any atom is -0.203 e. The van der Waals surface area contributed by atoms with Gasteiger partial charge < -0.3 is 0 Å². The summed E-state index contributed by atoms with van der Waals surface area (Å²) in [6, 6.07) is 2.80. The summed E-state index contributed by atoms with van der Waals surface area (Å²) in [4.78, 5) is -0.307. The van der Waals surface area contributed by atoms with Crippen LogP contribution >= 0.6 is 11.8 Å². The second-order valence-electron chi connectivity index (χ2n) is 7.43. The molecule has 0 N–H and O–H groups in total. The van der Waals surface area contributed by atoms with Gasteiger partial charge >= 0.3 is 0 Å². The van der Waals surface area contributed by atoms with E-state index in [4.69, 9.17) is 0 Å². The van der Waals surface area contributed by atoms with E-state index in [0.29, 0.717) is 11.5 Å². The number of hydrogen-bond donors (Lipinski definition) is 0. The second-order valence-corrected chi connectivity index (χ2v) is 8.47. The van der Waals surface area contributed by atoms with Crippen LogP contribution in [0.4, 0.5) is 17.6 Å². The Labute approximate surface area is 159 Å². The summed E-state index contributed by atoms with van der Waals surface area (Å²) in [5.74, 6) is -4.10. The third kappa shape index (κ3) is 6.47. The molecule has 0 aliphatic heterocycles. The molecule has 0 bridgehead atoms. The van der Waals surface area contributed by atoms with Gasteiger partial charge in [0.05, 0.1) is 4.90 Å². The molecule has 0 nitrogen and oxygen atoms in total. The van der Waals surface area contributed by atoms with E-state index in [2.05, 4.69) is 6.92 Å².